The van der Waals surface area contributed by atoms with Crippen LogP contribution < -0.4 is 10.9 Å². The van der Waals surface area contributed by atoms with E-state index in [1.807, 2.05) is 12.1 Å². The highest BCUT2D eigenvalue weighted by molar-refractivity contribution is 5.93. The van der Waals surface area contributed by atoms with Crippen LogP contribution in [0.2, 0.25) is 0 Å². The summed E-state index contributed by atoms with van der Waals surface area (Å²) in [5.41, 5.74) is 2.84. The number of amides is 1. The number of aromatic amines is 1. The highest BCUT2D eigenvalue weighted by atomic mass is 16.5. The molecular formula is C20H24N2O3. The smallest absolute Gasteiger partial charge is 0.260 e. The zero-order chi connectivity index (χ0) is 17.9. The number of hydrogen-bond acceptors (Lipinski definition) is 3. The summed E-state index contributed by atoms with van der Waals surface area (Å²) in [4.78, 5) is 27.2. The van der Waals surface area contributed by atoms with Crippen LogP contribution in [0, 0.1) is 13.8 Å². The number of ether oxygens (including phenoxy) is 1. The van der Waals surface area contributed by atoms with Crippen molar-refractivity contribution in [3.8, 4) is 0 Å². The van der Waals surface area contributed by atoms with Crippen molar-refractivity contribution in [2.75, 3.05) is 19.8 Å². The van der Waals surface area contributed by atoms with Crippen molar-refractivity contribution < 1.29 is 9.53 Å². The van der Waals surface area contributed by atoms with Gasteiger partial charge in [-0.05, 0) is 49.9 Å². The first-order chi connectivity index (χ1) is 12.0. The van der Waals surface area contributed by atoms with Crippen LogP contribution in [0.5, 0.6) is 0 Å². The van der Waals surface area contributed by atoms with Gasteiger partial charge in [0, 0.05) is 30.9 Å². The van der Waals surface area contributed by atoms with Gasteiger partial charge in [-0.2, -0.15) is 0 Å². The standard InChI is InChI=1S/C20H24N2O3/c1-14-5-3-4-6-17(14)20(9-11-25-12-10-20)13-21-18(23)16-8-7-15(2)22-19(16)24/h3-8H,9-13H2,1-2H3,(H,21,23)(H,22,24). The summed E-state index contributed by atoms with van der Waals surface area (Å²) in [7, 11) is 0. The van der Waals surface area contributed by atoms with Crippen LogP contribution in [-0.4, -0.2) is 30.6 Å². The van der Waals surface area contributed by atoms with Gasteiger partial charge in [-0.25, -0.2) is 0 Å². The monoisotopic (exact) mass is 340 g/mol. The Labute approximate surface area is 147 Å². The molecule has 1 amide bonds. The molecule has 0 atom stereocenters. The first kappa shape index (κ1) is 17.4. The highest BCUT2D eigenvalue weighted by Gasteiger charge is 2.36. The first-order valence-electron chi connectivity index (χ1n) is 8.64. The topological polar surface area (TPSA) is 71.2 Å². The largest absolute Gasteiger partial charge is 0.381 e. The molecular weight excluding hydrogens is 316 g/mol. The van der Waals surface area contributed by atoms with Gasteiger partial charge in [0.25, 0.3) is 11.5 Å². The predicted octanol–water partition coefficient (Wildman–Crippen LogP) is 2.47. The van der Waals surface area contributed by atoms with E-state index in [0.29, 0.717) is 19.8 Å². The molecule has 1 aliphatic heterocycles. The number of aryl methyl sites for hydroxylation is 2. The summed E-state index contributed by atoms with van der Waals surface area (Å²) in [5.74, 6) is -0.333. The minimum Gasteiger partial charge on any atom is -0.381 e. The van der Waals surface area contributed by atoms with E-state index in [1.54, 1.807) is 19.1 Å². The van der Waals surface area contributed by atoms with Crippen molar-refractivity contribution >= 4 is 5.91 Å². The fraction of sp³-hybridized carbons (Fsp3) is 0.400. The van der Waals surface area contributed by atoms with Crippen molar-refractivity contribution in [2.45, 2.75) is 32.1 Å². The second-order valence-electron chi connectivity index (χ2n) is 6.77. The maximum Gasteiger partial charge on any atom is 0.260 e. The van der Waals surface area contributed by atoms with Gasteiger partial charge in [0.15, 0.2) is 0 Å². The molecule has 0 spiro atoms. The Hall–Kier alpha value is -2.40. The molecule has 0 unspecified atom stereocenters. The molecule has 132 valence electrons. The molecule has 0 aliphatic carbocycles. The molecule has 1 aromatic carbocycles. The molecule has 1 aromatic heterocycles. The molecule has 2 N–H and O–H groups in total. The number of benzene rings is 1. The number of carbonyl (C=O) groups is 1. The van der Waals surface area contributed by atoms with Crippen LogP contribution in [0.4, 0.5) is 0 Å². The average molecular weight is 340 g/mol. The second kappa shape index (κ2) is 7.23. The van der Waals surface area contributed by atoms with Crippen LogP contribution in [0.1, 0.15) is 40.0 Å². The lowest BCUT2D eigenvalue weighted by Gasteiger charge is -2.39. The zero-order valence-corrected chi connectivity index (χ0v) is 14.7. The van der Waals surface area contributed by atoms with Gasteiger partial charge in [0.05, 0.1) is 0 Å². The Balaban J connectivity index is 1.83. The summed E-state index contributed by atoms with van der Waals surface area (Å²) in [6.45, 7) is 5.73. The lowest BCUT2D eigenvalue weighted by molar-refractivity contribution is 0.0485. The number of pyridine rings is 1. The Morgan fingerprint density at radius 3 is 2.56 bits per heavy atom. The number of carbonyl (C=O) groups excluding carboxylic acids is 1. The fourth-order valence-electron chi connectivity index (χ4n) is 3.57. The van der Waals surface area contributed by atoms with Crippen molar-refractivity contribution in [2.24, 2.45) is 0 Å². The number of aromatic nitrogens is 1. The van der Waals surface area contributed by atoms with E-state index in [-0.39, 0.29) is 22.4 Å². The number of rotatable bonds is 4. The van der Waals surface area contributed by atoms with Crippen LogP contribution >= 0.6 is 0 Å². The van der Waals surface area contributed by atoms with Crippen LogP contribution in [0.3, 0.4) is 0 Å². The molecule has 0 saturated carbocycles. The molecule has 2 aromatic rings. The molecule has 2 heterocycles. The van der Waals surface area contributed by atoms with Crippen molar-refractivity contribution in [3.63, 3.8) is 0 Å². The fourth-order valence-corrected chi connectivity index (χ4v) is 3.57. The van der Waals surface area contributed by atoms with Gasteiger partial charge in [0.1, 0.15) is 5.56 Å². The predicted molar refractivity (Wildman–Crippen MR) is 97.0 cm³/mol. The summed E-state index contributed by atoms with van der Waals surface area (Å²) >= 11 is 0. The Morgan fingerprint density at radius 1 is 1.16 bits per heavy atom. The molecule has 1 saturated heterocycles. The molecule has 3 rings (SSSR count). The van der Waals surface area contributed by atoms with Crippen LogP contribution in [-0.2, 0) is 10.2 Å². The van der Waals surface area contributed by atoms with E-state index in [9.17, 15) is 9.59 Å². The summed E-state index contributed by atoms with van der Waals surface area (Å²) in [6.07, 6.45) is 1.70. The Bertz CT molecular complexity index is 820. The molecule has 1 fully saturated rings. The Morgan fingerprint density at radius 2 is 1.88 bits per heavy atom. The maximum absolute atomic E-state index is 12.5. The van der Waals surface area contributed by atoms with Gasteiger partial charge in [0.2, 0.25) is 0 Å². The highest BCUT2D eigenvalue weighted by Crippen LogP contribution is 2.36. The minimum atomic E-state index is -0.352. The van der Waals surface area contributed by atoms with Gasteiger partial charge in [-0.1, -0.05) is 24.3 Å². The normalized spacial score (nSPS) is 16.4. The lowest BCUT2D eigenvalue weighted by Crippen LogP contribution is -2.45. The van der Waals surface area contributed by atoms with E-state index in [1.165, 1.54) is 11.1 Å². The van der Waals surface area contributed by atoms with Crippen molar-refractivity contribution in [1.82, 2.24) is 10.3 Å². The zero-order valence-electron chi connectivity index (χ0n) is 14.7. The third kappa shape index (κ3) is 3.66. The number of H-pyrrole nitrogens is 1. The van der Waals surface area contributed by atoms with Crippen molar-refractivity contribution in [1.29, 1.82) is 0 Å². The van der Waals surface area contributed by atoms with Gasteiger partial charge >= 0.3 is 0 Å². The first-order valence-corrected chi connectivity index (χ1v) is 8.64. The quantitative estimate of drug-likeness (QED) is 0.898. The SMILES string of the molecule is Cc1ccc(C(=O)NCC2(c3ccccc3C)CCOCC2)c(=O)[nH]1. The Kier molecular flexibility index (Phi) is 5.04. The van der Waals surface area contributed by atoms with E-state index >= 15 is 0 Å². The van der Waals surface area contributed by atoms with Crippen LogP contribution in [0.25, 0.3) is 0 Å². The van der Waals surface area contributed by atoms with E-state index in [2.05, 4.69) is 29.4 Å². The van der Waals surface area contributed by atoms with Gasteiger partial charge in [-0.15, -0.1) is 0 Å². The minimum absolute atomic E-state index is 0.151. The summed E-state index contributed by atoms with van der Waals surface area (Å²) in [6, 6.07) is 11.6. The number of nitrogens with one attached hydrogen (secondary N) is 2. The van der Waals surface area contributed by atoms with E-state index in [4.69, 9.17) is 4.74 Å². The molecule has 5 nitrogen and oxygen atoms in total. The molecule has 1 aliphatic rings. The number of hydrogen-bond donors (Lipinski definition) is 2. The third-order valence-corrected chi connectivity index (χ3v) is 5.05. The lowest BCUT2D eigenvalue weighted by atomic mass is 9.72. The summed E-state index contributed by atoms with van der Waals surface area (Å²) in [5, 5.41) is 2.98. The van der Waals surface area contributed by atoms with Crippen LogP contribution in [0.15, 0.2) is 41.2 Å². The third-order valence-electron chi connectivity index (χ3n) is 5.05. The van der Waals surface area contributed by atoms with E-state index in [0.717, 1.165) is 18.5 Å². The maximum atomic E-state index is 12.5. The molecule has 5 heteroatoms. The average Bonchev–Trinajstić information content (AvgIpc) is 2.61. The molecule has 25 heavy (non-hydrogen) atoms. The molecule has 0 radical (unpaired) electrons. The molecule has 0 bridgehead atoms. The second-order valence-corrected chi connectivity index (χ2v) is 6.77. The van der Waals surface area contributed by atoms with E-state index < -0.39 is 0 Å². The van der Waals surface area contributed by atoms with Gasteiger partial charge < -0.3 is 15.0 Å². The van der Waals surface area contributed by atoms with Gasteiger partial charge in [-0.3, -0.25) is 9.59 Å². The summed E-state index contributed by atoms with van der Waals surface area (Å²) < 4.78 is 5.54. The van der Waals surface area contributed by atoms with Crippen molar-refractivity contribution in [3.05, 3.63) is 69.1 Å².